The highest BCUT2D eigenvalue weighted by atomic mass is 32.2. The van der Waals surface area contributed by atoms with Crippen molar-refractivity contribution in [3.05, 3.63) is 24.3 Å². The number of benzene rings is 1. The maximum Gasteiger partial charge on any atom is 0.140 e. The van der Waals surface area contributed by atoms with Gasteiger partial charge in [-0.05, 0) is 49.9 Å². The summed E-state index contributed by atoms with van der Waals surface area (Å²) in [5.74, 6) is 0. The summed E-state index contributed by atoms with van der Waals surface area (Å²) in [5.41, 5.74) is 6.39. The number of hydrogen-bond acceptors (Lipinski definition) is 3. The monoisotopic (exact) mass is 265 g/mol. The van der Waals surface area contributed by atoms with Crippen LogP contribution in [-0.4, -0.2) is 27.6 Å². The van der Waals surface area contributed by atoms with E-state index in [0.717, 1.165) is 30.6 Å². The molecule has 2 fully saturated rings. The fraction of sp³-hybridized carbons (Fsp3) is 0.538. The van der Waals surface area contributed by atoms with Crippen LogP contribution in [0.4, 0.5) is 5.69 Å². The van der Waals surface area contributed by atoms with Gasteiger partial charge in [0.25, 0.3) is 0 Å². The van der Waals surface area contributed by atoms with E-state index in [2.05, 4.69) is 4.36 Å². The van der Waals surface area contributed by atoms with Crippen LogP contribution in [-0.2, 0) is 9.92 Å². The first kappa shape index (κ1) is 12.0. The number of hydrogen-bond donors (Lipinski definition) is 1. The van der Waals surface area contributed by atoms with Crippen molar-refractivity contribution >= 4 is 15.6 Å². The van der Waals surface area contributed by atoms with Crippen LogP contribution in [0.3, 0.4) is 0 Å². The Hall–Kier alpha value is -1.07. The average Bonchev–Trinajstić information content (AvgIpc) is 3.23. The van der Waals surface area contributed by atoms with E-state index >= 15 is 0 Å². The largest absolute Gasteiger partial charge is 0.399 e. The van der Waals surface area contributed by atoms with Crippen LogP contribution in [0.25, 0.3) is 0 Å². The van der Waals surface area contributed by atoms with Crippen LogP contribution >= 0.6 is 0 Å². The topological polar surface area (TPSA) is 58.7 Å². The van der Waals surface area contributed by atoms with Crippen molar-refractivity contribution in [2.45, 2.75) is 42.7 Å². The van der Waals surface area contributed by atoms with Crippen molar-refractivity contribution in [1.82, 2.24) is 4.31 Å². The smallest absolute Gasteiger partial charge is 0.140 e. The highest BCUT2D eigenvalue weighted by Crippen LogP contribution is 2.35. The van der Waals surface area contributed by atoms with Crippen molar-refractivity contribution in [3.63, 3.8) is 0 Å². The van der Waals surface area contributed by atoms with E-state index in [1.165, 1.54) is 0 Å². The van der Waals surface area contributed by atoms with Crippen LogP contribution < -0.4 is 5.73 Å². The molecular formula is C13H19N3OS. The molecule has 1 unspecified atom stereocenters. The van der Waals surface area contributed by atoms with Gasteiger partial charge in [-0.2, -0.15) is 0 Å². The van der Waals surface area contributed by atoms with Gasteiger partial charge in [0.1, 0.15) is 9.92 Å². The Morgan fingerprint density at radius 1 is 1.22 bits per heavy atom. The minimum Gasteiger partial charge on any atom is -0.399 e. The third-order valence-electron chi connectivity index (χ3n) is 3.48. The fourth-order valence-electron chi connectivity index (χ4n) is 1.97. The van der Waals surface area contributed by atoms with Crippen LogP contribution in [0.15, 0.2) is 33.5 Å². The Kier molecular flexibility index (Phi) is 2.83. The molecule has 1 atom stereocenters. The van der Waals surface area contributed by atoms with Crippen LogP contribution in [0.2, 0.25) is 0 Å². The SMILES string of the molecule is CN(C1CC1)S(=O)(=NC1CC1)c1ccc(N)cc1. The lowest BCUT2D eigenvalue weighted by atomic mass is 10.3. The van der Waals surface area contributed by atoms with Gasteiger partial charge in [-0.25, -0.2) is 12.9 Å². The summed E-state index contributed by atoms with van der Waals surface area (Å²) in [5, 5.41) is 0. The normalized spacial score (nSPS) is 22.8. The van der Waals surface area contributed by atoms with E-state index in [0.29, 0.717) is 11.7 Å². The van der Waals surface area contributed by atoms with Crippen LogP contribution in [0, 0.1) is 0 Å². The quantitative estimate of drug-likeness (QED) is 0.849. The summed E-state index contributed by atoms with van der Waals surface area (Å²) in [6.45, 7) is 0. The van der Waals surface area contributed by atoms with Gasteiger partial charge in [0.15, 0.2) is 0 Å². The van der Waals surface area contributed by atoms with Gasteiger partial charge in [-0.15, -0.1) is 0 Å². The molecule has 1 aromatic rings. The van der Waals surface area contributed by atoms with E-state index in [-0.39, 0.29) is 6.04 Å². The Morgan fingerprint density at radius 2 is 1.83 bits per heavy atom. The predicted molar refractivity (Wildman–Crippen MR) is 73.5 cm³/mol. The third kappa shape index (κ3) is 2.24. The van der Waals surface area contributed by atoms with Crippen molar-refractivity contribution in [1.29, 1.82) is 0 Å². The van der Waals surface area contributed by atoms with Crippen molar-refractivity contribution in [2.75, 3.05) is 12.8 Å². The molecule has 2 aliphatic rings. The van der Waals surface area contributed by atoms with Crippen LogP contribution in [0.1, 0.15) is 25.7 Å². The molecule has 2 aliphatic carbocycles. The van der Waals surface area contributed by atoms with E-state index in [4.69, 9.17) is 5.73 Å². The molecule has 0 radical (unpaired) electrons. The maximum atomic E-state index is 13.2. The minimum atomic E-state index is -2.43. The number of nitrogen functional groups attached to an aromatic ring is 1. The first-order chi connectivity index (χ1) is 8.59. The van der Waals surface area contributed by atoms with Crippen molar-refractivity contribution in [2.24, 2.45) is 4.36 Å². The summed E-state index contributed by atoms with van der Waals surface area (Å²) in [7, 11) is -0.501. The molecule has 0 amide bonds. The molecule has 0 saturated heterocycles. The Labute approximate surface area is 108 Å². The first-order valence-corrected chi connectivity index (χ1v) is 7.91. The number of nitrogens with two attached hydrogens (primary N) is 1. The predicted octanol–water partition coefficient (Wildman–Crippen LogP) is 2.27. The van der Waals surface area contributed by atoms with Crippen molar-refractivity contribution in [3.8, 4) is 0 Å². The zero-order valence-electron chi connectivity index (χ0n) is 10.6. The molecule has 0 bridgehead atoms. The second-order valence-corrected chi connectivity index (χ2v) is 7.43. The number of nitrogens with zero attached hydrogens (tertiary/aromatic N) is 2. The highest BCUT2D eigenvalue weighted by Gasteiger charge is 2.35. The summed E-state index contributed by atoms with van der Waals surface area (Å²) < 4.78 is 19.8. The van der Waals surface area contributed by atoms with Gasteiger partial charge < -0.3 is 5.73 Å². The van der Waals surface area contributed by atoms with Gasteiger partial charge in [-0.3, -0.25) is 0 Å². The van der Waals surface area contributed by atoms with E-state index in [9.17, 15) is 4.21 Å². The lowest BCUT2D eigenvalue weighted by molar-refractivity contribution is 0.506. The molecule has 0 spiro atoms. The number of anilines is 1. The second-order valence-electron chi connectivity index (χ2n) is 5.18. The summed E-state index contributed by atoms with van der Waals surface area (Å²) in [6.07, 6.45) is 4.40. The Balaban J connectivity index is 2.03. The summed E-state index contributed by atoms with van der Waals surface area (Å²) in [6, 6.07) is 8.02. The molecule has 2 N–H and O–H groups in total. The lowest BCUT2D eigenvalue weighted by Crippen LogP contribution is -2.29. The molecule has 3 rings (SSSR count). The van der Waals surface area contributed by atoms with E-state index < -0.39 is 9.92 Å². The molecule has 4 nitrogen and oxygen atoms in total. The summed E-state index contributed by atoms with van der Waals surface area (Å²) >= 11 is 0. The van der Waals surface area contributed by atoms with Crippen molar-refractivity contribution < 1.29 is 4.21 Å². The Morgan fingerprint density at radius 3 is 2.33 bits per heavy atom. The molecule has 0 aliphatic heterocycles. The molecule has 0 aromatic heterocycles. The standard InChI is InChI=1S/C13H19N3OS/c1-16(12-6-7-12)18(17,15-11-4-5-11)13-8-2-10(14)3-9-13/h2-3,8-9,11-12H,4-7,14H2,1H3. The van der Waals surface area contributed by atoms with Gasteiger partial charge in [0.05, 0.1) is 10.9 Å². The molecule has 1 aromatic carbocycles. The van der Waals surface area contributed by atoms with Gasteiger partial charge in [-0.1, -0.05) is 0 Å². The highest BCUT2D eigenvalue weighted by molar-refractivity contribution is 7.91. The minimum absolute atomic E-state index is 0.288. The molecule has 5 heteroatoms. The van der Waals surface area contributed by atoms with E-state index in [1.807, 2.05) is 23.5 Å². The molecular weight excluding hydrogens is 246 g/mol. The van der Waals surface area contributed by atoms with E-state index in [1.54, 1.807) is 12.1 Å². The Bertz CT molecular complexity index is 552. The molecule has 98 valence electrons. The second kappa shape index (κ2) is 4.24. The first-order valence-electron chi connectivity index (χ1n) is 6.44. The molecule has 2 saturated carbocycles. The van der Waals surface area contributed by atoms with Crippen LogP contribution in [0.5, 0.6) is 0 Å². The zero-order chi connectivity index (χ0) is 12.8. The summed E-state index contributed by atoms with van der Waals surface area (Å²) in [4.78, 5) is 0.790. The average molecular weight is 265 g/mol. The fourth-order valence-corrected chi connectivity index (χ4v) is 4.29. The number of rotatable bonds is 4. The molecule has 0 heterocycles. The third-order valence-corrected chi connectivity index (χ3v) is 6.03. The molecule has 18 heavy (non-hydrogen) atoms. The lowest BCUT2D eigenvalue weighted by Gasteiger charge is -2.21. The maximum absolute atomic E-state index is 13.2. The van der Waals surface area contributed by atoms with Gasteiger partial charge >= 0.3 is 0 Å². The van der Waals surface area contributed by atoms with Gasteiger partial charge in [0, 0.05) is 18.8 Å². The van der Waals surface area contributed by atoms with Gasteiger partial charge in [0.2, 0.25) is 0 Å². The zero-order valence-corrected chi connectivity index (χ0v) is 11.4.